The standard InChI is InChI=1S/C20H23NO3S/c1-24-16-6-4-14(5-7-16)20(8-9-20)19(23)21-18(13-11-15(22)12-13)17-3-2-10-25-17/h2-7,10,13,15,18,22H,8-9,11-12H2,1H3,(H,21,23)/t13?,15?,18-/m1/s1. The Hall–Kier alpha value is -1.85. The summed E-state index contributed by atoms with van der Waals surface area (Å²) in [5.74, 6) is 1.24. The molecular weight excluding hydrogens is 334 g/mol. The highest BCUT2D eigenvalue weighted by Crippen LogP contribution is 2.50. The summed E-state index contributed by atoms with van der Waals surface area (Å²) in [5, 5.41) is 15.0. The Labute approximate surface area is 151 Å². The lowest BCUT2D eigenvalue weighted by molar-refractivity contribution is -0.125. The highest BCUT2D eigenvalue weighted by atomic mass is 32.1. The molecule has 2 aromatic rings. The number of nitrogens with one attached hydrogen (secondary N) is 1. The van der Waals surface area contributed by atoms with Crippen LogP contribution in [0.2, 0.25) is 0 Å². The van der Waals surface area contributed by atoms with Crippen LogP contribution in [0.3, 0.4) is 0 Å². The molecule has 2 aliphatic rings. The summed E-state index contributed by atoms with van der Waals surface area (Å²) in [7, 11) is 1.65. The van der Waals surface area contributed by atoms with E-state index >= 15 is 0 Å². The topological polar surface area (TPSA) is 58.6 Å². The van der Waals surface area contributed by atoms with Gasteiger partial charge in [-0.2, -0.15) is 0 Å². The number of hydrogen-bond acceptors (Lipinski definition) is 4. The fraction of sp³-hybridized carbons (Fsp3) is 0.450. The maximum absolute atomic E-state index is 13.1. The summed E-state index contributed by atoms with van der Waals surface area (Å²) in [6, 6.07) is 11.9. The third kappa shape index (κ3) is 3.07. The molecule has 2 saturated carbocycles. The molecule has 2 aliphatic carbocycles. The van der Waals surface area contributed by atoms with Crippen LogP contribution in [0.1, 0.15) is 42.2 Å². The molecule has 132 valence electrons. The van der Waals surface area contributed by atoms with Crippen LogP contribution in [0.5, 0.6) is 5.75 Å². The zero-order valence-corrected chi connectivity index (χ0v) is 15.1. The fourth-order valence-electron chi connectivity index (χ4n) is 3.75. The summed E-state index contributed by atoms with van der Waals surface area (Å²) < 4.78 is 5.22. The van der Waals surface area contributed by atoms with Crippen molar-refractivity contribution in [1.82, 2.24) is 5.32 Å². The third-order valence-electron chi connectivity index (χ3n) is 5.58. The Morgan fingerprint density at radius 2 is 2.00 bits per heavy atom. The molecule has 2 N–H and O–H groups in total. The van der Waals surface area contributed by atoms with Crippen molar-refractivity contribution in [3.05, 3.63) is 52.2 Å². The van der Waals surface area contributed by atoms with Crippen LogP contribution in [-0.2, 0) is 10.2 Å². The van der Waals surface area contributed by atoms with Crippen molar-refractivity contribution in [2.75, 3.05) is 7.11 Å². The second-order valence-corrected chi connectivity index (χ2v) is 8.14. The van der Waals surface area contributed by atoms with Crippen LogP contribution in [0.15, 0.2) is 41.8 Å². The number of carbonyl (C=O) groups is 1. The summed E-state index contributed by atoms with van der Waals surface area (Å²) in [6.07, 6.45) is 3.07. The minimum Gasteiger partial charge on any atom is -0.497 e. The minimum absolute atomic E-state index is 0.00613. The molecule has 0 radical (unpaired) electrons. The summed E-state index contributed by atoms with van der Waals surface area (Å²) in [6.45, 7) is 0. The molecular formula is C20H23NO3S. The van der Waals surface area contributed by atoms with E-state index in [-0.39, 0.29) is 18.1 Å². The second-order valence-electron chi connectivity index (χ2n) is 7.16. The molecule has 25 heavy (non-hydrogen) atoms. The van der Waals surface area contributed by atoms with E-state index in [0.29, 0.717) is 5.92 Å². The fourth-order valence-corrected chi connectivity index (χ4v) is 4.62. The molecule has 0 unspecified atom stereocenters. The third-order valence-corrected chi connectivity index (χ3v) is 6.54. The van der Waals surface area contributed by atoms with Gasteiger partial charge < -0.3 is 15.2 Å². The first kappa shape index (κ1) is 16.6. The highest BCUT2D eigenvalue weighted by molar-refractivity contribution is 7.10. The van der Waals surface area contributed by atoms with E-state index in [9.17, 15) is 9.90 Å². The zero-order chi connectivity index (χ0) is 17.4. The minimum atomic E-state index is -0.399. The number of rotatable bonds is 6. The number of amides is 1. The van der Waals surface area contributed by atoms with E-state index in [0.717, 1.165) is 37.0 Å². The molecule has 1 aromatic carbocycles. The van der Waals surface area contributed by atoms with Crippen LogP contribution in [-0.4, -0.2) is 24.2 Å². The van der Waals surface area contributed by atoms with Gasteiger partial charge in [0.1, 0.15) is 5.75 Å². The van der Waals surface area contributed by atoms with Crippen molar-refractivity contribution in [1.29, 1.82) is 0 Å². The maximum Gasteiger partial charge on any atom is 0.231 e. The second kappa shape index (κ2) is 6.46. The van der Waals surface area contributed by atoms with Crippen LogP contribution in [0, 0.1) is 5.92 Å². The van der Waals surface area contributed by atoms with Crippen molar-refractivity contribution in [2.45, 2.75) is 43.2 Å². The van der Waals surface area contributed by atoms with Gasteiger partial charge in [-0.3, -0.25) is 4.79 Å². The lowest BCUT2D eigenvalue weighted by Crippen LogP contribution is -2.44. The van der Waals surface area contributed by atoms with Gasteiger partial charge in [0.05, 0.1) is 24.7 Å². The molecule has 2 fully saturated rings. The Morgan fingerprint density at radius 1 is 1.28 bits per heavy atom. The molecule has 4 nitrogen and oxygen atoms in total. The predicted octanol–water partition coefficient (Wildman–Crippen LogP) is 3.42. The lowest BCUT2D eigenvalue weighted by Gasteiger charge is -2.38. The van der Waals surface area contributed by atoms with Crippen LogP contribution in [0.25, 0.3) is 0 Å². The van der Waals surface area contributed by atoms with Crippen molar-refractivity contribution < 1.29 is 14.6 Å². The monoisotopic (exact) mass is 357 g/mol. The molecule has 1 heterocycles. The molecule has 0 saturated heterocycles. The number of hydrogen-bond donors (Lipinski definition) is 2. The first-order valence-corrected chi connectivity index (χ1v) is 9.67. The van der Waals surface area contributed by atoms with Gasteiger partial charge in [0, 0.05) is 4.88 Å². The normalized spacial score (nSPS) is 24.9. The van der Waals surface area contributed by atoms with E-state index in [1.807, 2.05) is 35.7 Å². The number of aliphatic hydroxyl groups is 1. The average molecular weight is 357 g/mol. The molecule has 1 amide bonds. The Kier molecular flexibility index (Phi) is 4.29. The molecule has 0 bridgehead atoms. The SMILES string of the molecule is COc1ccc(C2(C(=O)N[C@@H](c3cccs3)C3CC(O)C3)CC2)cc1. The molecule has 5 heteroatoms. The van der Waals surface area contributed by atoms with Gasteiger partial charge in [0.25, 0.3) is 0 Å². The summed E-state index contributed by atoms with van der Waals surface area (Å²) in [4.78, 5) is 14.3. The van der Waals surface area contributed by atoms with Crippen LogP contribution < -0.4 is 10.1 Å². The van der Waals surface area contributed by atoms with Gasteiger partial charge in [0.15, 0.2) is 0 Å². The quantitative estimate of drug-likeness (QED) is 0.833. The first-order chi connectivity index (χ1) is 12.1. The molecule has 0 aliphatic heterocycles. The Bertz CT molecular complexity index is 731. The van der Waals surface area contributed by atoms with Gasteiger partial charge in [-0.05, 0) is 60.7 Å². The van der Waals surface area contributed by atoms with Gasteiger partial charge in [-0.1, -0.05) is 18.2 Å². The number of methoxy groups -OCH3 is 1. The van der Waals surface area contributed by atoms with E-state index < -0.39 is 5.41 Å². The van der Waals surface area contributed by atoms with Gasteiger partial charge in [-0.15, -0.1) is 11.3 Å². The largest absolute Gasteiger partial charge is 0.497 e. The van der Waals surface area contributed by atoms with Crippen molar-refractivity contribution >= 4 is 17.2 Å². The number of benzene rings is 1. The number of carbonyl (C=O) groups excluding carboxylic acids is 1. The van der Waals surface area contributed by atoms with Crippen molar-refractivity contribution in [3.8, 4) is 5.75 Å². The van der Waals surface area contributed by atoms with Crippen LogP contribution >= 0.6 is 11.3 Å². The van der Waals surface area contributed by atoms with Crippen molar-refractivity contribution in [3.63, 3.8) is 0 Å². The van der Waals surface area contributed by atoms with E-state index in [1.165, 1.54) is 4.88 Å². The first-order valence-electron chi connectivity index (χ1n) is 8.79. The maximum atomic E-state index is 13.1. The van der Waals surface area contributed by atoms with Crippen LogP contribution in [0.4, 0.5) is 0 Å². The van der Waals surface area contributed by atoms with E-state index in [4.69, 9.17) is 4.74 Å². The smallest absolute Gasteiger partial charge is 0.231 e. The zero-order valence-electron chi connectivity index (χ0n) is 14.3. The summed E-state index contributed by atoms with van der Waals surface area (Å²) in [5.41, 5.74) is 0.661. The van der Waals surface area contributed by atoms with E-state index in [2.05, 4.69) is 11.4 Å². The Balaban J connectivity index is 1.52. The van der Waals surface area contributed by atoms with Crippen molar-refractivity contribution in [2.24, 2.45) is 5.92 Å². The van der Waals surface area contributed by atoms with Gasteiger partial charge >= 0.3 is 0 Å². The molecule has 0 spiro atoms. The highest BCUT2D eigenvalue weighted by Gasteiger charge is 2.52. The molecule has 1 atom stereocenters. The molecule has 1 aromatic heterocycles. The average Bonchev–Trinajstić information content (AvgIpc) is 3.25. The molecule has 4 rings (SSSR count). The van der Waals surface area contributed by atoms with Gasteiger partial charge in [0.2, 0.25) is 5.91 Å². The number of ether oxygens (including phenoxy) is 1. The summed E-state index contributed by atoms with van der Waals surface area (Å²) >= 11 is 1.67. The Morgan fingerprint density at radius 3 is 2.52 bits per heavy atom. The number of aliphatic hydroxyl groups excluding tert-OH is 1. The van der Waals surface area contributed by atoms with E-state index in [1.54, 1.807) is 18.4 Å². The number of thiophene rings is 1. The van der Waals surface area contributed by atoms with Gasteiger partial charge in [-0.25, -0.2) is 0 Å². The lowest BCUT2D eigenvalue weighted by atomic mass is 9.76. The predicted molar refractivity (Wildman–Crippen MR) is 97.8 cm³/mol.